The van der Waals surface area contributed by atoms with Gasteiger partial charge in [0, 0.05) is 22.4 Å². The Morgan fingerprint density at radius 3 is 2.42 bits per heavy atom. The van der Waals surface area contributed by atoms with Crippen LogP contribution in [0.25, 0.3) is 0 Å². The third-order valence-electron chi connectivity index (χ3n) is 1.93. The third kappa shape index (κ3) is 5.87. The van der Waals surface area contributed by atoms with Gasteiger partial charge in [0.1, 0.15) is 0 Å². The van der Waals surface area contributed by atoms with Crippen molar-refractivity contribution in [1.82, 2.24) is 0 Å². The van der Waals surface area contributed by atoms with Crippen molar-refractivity contribution < 1.29 is 31.8 Å². The molecular weight excluding hydrogens is 232 g/mol. The zero-order chi connectivity index (χ0) is 8.69. The number of carbonyl (C=O) groups is 1. The molecule has 0 aromatic rings. The minimum Gasteiger partial charge on any atom is -0.543 e. The van der Waals surface area contributed by atoms with Gasteiger partial charge < -0.3 is 4.65 Å². The smallest absolute Gasteiger partial charge is 0.325 e. The summed E-state index contributed by atoms with van der Waals surface area (Å²) in [5.74, 6) is 0.0703. The summed E-state index contributed by atoms with van der Waals surface area (Å²) in [5.41, 5.74) is 0. The molecule has 12 heavy (non-hydrogen) atoms. The zero-order valence-electron chi connectivity index (χ0n) is 8.17. The number of rotatable bonds is 5. The van der Waals surface area contributed by atoms with Crippen molar-refractivity contribution in [2.45, 2.75) is 39.5 Å². The maximum atomic E-state index is 11.0. The SMILES string of the molecule is BOC(=O)C(CC)CCCC.[Nb]. The summed E-state index contributed by atoms with van der Waals surface area (Å²) in [5, 5.41) is 0. The minimum atomic E-state index is -0.0547. The van der Waals surface area contributed by atoms with Gasteiger partial charge in [0.15, 0.2) is 0 Å². The van der Waals surface area contributed by atoms with E-state index in [4.69, 9.17) is 0 Å². The molecule has 2 nitrogen and oxygen atoms in total. The Morgan fingerprint density at radius 2 is 2.08 bits per heavy atom. The zero-order valence-corrected chi connectivity index (χ0v) is 10.4. The van der Waals surface area contributed by atoms with E-state index in [1.807, 2.05) is 6.92 Å². The van der Waals surface area contributed by atoms with E-state index < -0.39 is 0 Å². The quantitative estimate of drug-likeness (QED) is 0.686. The first kappa shape index (κ1) is 14.8. The normalized spacial score (nSPS) is 11.5. The molecule has 0 aromatic heterocycles. The van der Waals surface area contributed by atoms with Crippen LogP contribution in [0.15, 0.2) is 0 Å². The Labute approximate surface area is 91.4 Å². The van der Waals surface area contributed by atoms with Crippen LogP contribution < -0.4 is 0 Å². The molecule has 0 amide bonds. The van der Waals surface area contributed by atoms with E-state index in [1.54, 1.807) is 0 Å². The monoisotopic (exact) mass is 249 g/mol. The van der Waals surface area contributed by atoms with Gasteiger partial charge in [-0.2, -0.15) is 0 Å². The molecule has 1 unspecified atom stereocenters. The Kier molecular flexibility index (Phi) is 11.5. The minimum absolute atomic E-state index is 0. The van der Waals surface area contributed by atoms with E-state index in [9.17, 15) is 4.79 Å². The number of unbranched alkanes of at least 4 members (excludes halogenated alkanes) is 1. The van der Waals surface area contributed by atoms with Gasteiger partial charge in [-0.1, -0.05) is 26.7 Å². The van der Waals surface area contributed by atoms with Crippen LogP contribution in [-0.2, 0) is 31.8 Å². The average Bonchev–Trinajstić information content (AvgIpc) is 2.05. The van der Waals surface area contributed by atoms with Crippen molar-refractivity contribution in [3.05, 3.63) is 0 Å². The molecule has 0 rings (SSSR count). The van der Waals surface area contributed by atoms with Crippen LogP contribution >= 0.6 is 0 Å². The van der Waals surface area contributed by atoms with E-state index in [2.05, 4.69) is 11.6 Å². The van der Waals surface area contributed by atoms with Gasteiger partial charge in [0.05, 0.1) is 5.92 Å². The number of carbonyl (C=O) groups excluding carboxylic acids is 1. The van der Waals surface area contributed by atoms with Crippen molar-refractivity contribution in [2.75, 3.05) is 0 Å². The van der Waals surface area contributed by atoms with Gasteiger partial charge in [0.2, 0.25) is 0 Å². The molecular formula is C8H17BNbO2. The molecule has 4 heteroatoms. The fraction of sp³-hybridized carbons (Fsp3) is 0.875. The first-order chi connectivity index (χ1) is 5.26. The summed E-state index contributed by atoms with van der Waals surface area (Å²) in [6.07, 6.45) is 4.13. The molecule has 0 N–H and O–H groups in total. The average molecular weight is 249 g/mol. The first-order valence-corrected chi connectivity index (χ1v) is 4.34. The molecule has 0 fully saturated rings. The molecule has 0 bridgehead atoms. The second-order valence-corrected chi connectivity index (χ2v) is 2.77. The molecule has 1 atom stereocenters. The van der Waals surface area contributed by atoms with Gasteiger partial charge in [-0.05, 0) is 12.8 Å². The Bertz CT molecular complexity index is 120. The summed E-state index contributed by atoms with van der Waals surface area (Å²) in [6, 6.07) is 0. The predicted molar refractivity (Wildman–Crippen MR) is 47.9 cm³/mol. The fourth-order valence-corrected chi connectivity index (χ4v) is 1.11. The fourth-order valence-electron chi connectivity index (χ4n) is 1.11. The molecule has 0 spiro atoms. The van der Waals surface area contributed by atoms with Gasteiger partial charge >= 0.3 is 8.05 Å². The molecule has 0 aliphatic carbocycles. The molecule has 69 valence electrons. The molecule has 0 aromatic carbocycles. The number of hydrogen-bond donors (Lipinski definition) is 0. The third-order valence-corrected chi connectivity index (χ3v) is 1.93. The topological polar surface area (TPSA) is 26.3 Å². The number of hydrogen-bond acceptors (Lipinski definition) is 2. The van der Waals surface area contributed by atoms with Gasteiger partial charge in [-0.25, -0.2) is 0 Å². The van der Waals surface area contributed by atoms with Crippen molar-refractivity contribution in [1.29, 1.82) is 0 Å². The van der Waals surface area contributed by atoms with Crippen molar-refractivity contribution in [3.63, 3.8) is 0 Å². The summed E-state index contributed by atoms with van der Waals surface area (Å²) < 4.78 is 4.66. The molecule has 0 saturated heterocycles. The second-order valence-electron chi connectivity index (χ2n) is 2.77. The summed E-state index contributed by atoms with van der Waals surface area (Å²) >= 11 is 0. The maximum Gasteiger partial charge on any atom is 0.325 e. The van der Waals surface area contributed by atoms with Gasteiger partial charge in [0.25, 0.3) is 5.97 Å². The standard InChI is InChI=1S/C8H17BO2.Nb/c1-3-5-6-7(4-2)8(10)11-9;/h7H,3-6,9H2,1-2H3;. The Balaban J connectivity index is 0. The predicted octanol–water partition coefficient (Wildman–Crippen LogP) is 1.29. The van der Waals surface area contributed by atoms with E-state index in [1.165, 1.54) is 8.05 Å². The summed E-state index contributed by atoms with van der Waals surface area (Å²) in [6.45, 7) is 4.15. The Hall–Kier alpha value is 0.275. The first-order valence-electron chi connectivity index (χ1n) is 4.34. The van der Waals surface area contributed by atoms with Crippen LogP contribution in [0.2, 0.25) is 0 Å². The van der Waals surface area contributed by atoms with Crippen molar-refractivity contribution >= 4 is 14.0 Å². The Morgan fingerprint density at radius 1 is 1.50 bits per heavy atom. The van der Waals surface area contributed by atoms with E-state index >= 15 is 0 Å². The molecule has 0 heterocycles. The molecule has 0 saturated carbocycles. The summed E-state index contributed by atoms with van der Waals surface area (Å²) in [4.78, 5) is 11.0. The van der Waals surface area contributed by atoms with Crippen LogP contribution in [0, 0.1) is 5.92 Å². The summed E-state index contributed by atoms with van der Waals surface area (Å²) in [7, 11) is 1.46. The molecule has 0 aliphatic rings. The van der Waals surface area contributed by atoms with Gasteiger partial charge in [-0.15, -0.1) is 0 Å². The molecule has 0 aliphatic heterocycles. The largest absolute Gasteiger partial charge is 0.543 e. The van der Waals surface area contributed by atoms with Crippen LogP contribution in [0.1, 0.15) is 39.5 Å². The van der Waals surface area contributed by atoms with Crippen molar-refractivity contribution in [3.8, 4) is 0 Å². The molecule has 1 radical (unpaired) electrons. The van der Waals surface area contributed by atoms with Crippen LogP contribution in [0.5, 0.6) is 0 Å². The van der Waals surface area contributed by atoms with Crippen LogP contribution in [0.4, 0.5) is 0 Å². The second kappa shape index (κ2) is 9.36. The van der Waals surface area contributed by atoms with Gasteiger partial charge in [-0.3, -0.25) is 4.79 Å². The maximum absolute atomic E-state index is 11.0. The van der Waals surface area contributed by atoms with Crippen LogP contribution in [-0.4, -0.2) is 14.0 Å². The van der Waals surface area contributed by atoms with E-state index in [-0.39, 0.29) is 34.3 Å². The van der Waals surface area contributed by atoms with Crippen LogP contribution in [0.3, 0.4) is 0 Å². The van der Waals surface area contributed by atoms with Crippen molar-refractivity contribution in [2.24, 2.45) is 5.92 Å². The van der Waals surface area contributed by atoms with E-state index in [0.717, 1.165) is 25.7 Å². The van der Waals surface area contributed by atoms with E-state index in [0.29, 0.717) is 0 Å².